The first kappa shape index (κ1) is 17.2. The van der Waals surface area contributed by atoms with Gasteiger partial charge in [0.2, 0.25) is 5.91 Å². The fourth-order valence-corrected chi connectivity index (χ4v) is 3.23. The van der Waals surface area contributed by atoms with Crippen LogP contribution >= 0.6 is 11.6 Å². The number of carbonyl (C=O) groups is 1. The Morgan fingerprint density at radius 3 is 2.40 bits per heavy atom. The van der Waals surface area contributed by atoms with Crippen molar-refractivity contribution in [1.82, 2.24) is 4.57 Å². The number of anilines is 1. The molecule has 0 saturated heterocycles. The number of halogens is 1. The van der Waals surface area contributed by atoms with E-state index in [1.807, 2.05) is 32.9 Å². The molecule has 0 aliphatic carbocycles. The van der Waals surface area contributed by atoms with E-state index < -0.39 is 0 Å². The van der Waals surface area contributed by atoms with Crippen molar-refractivity contribution in [3.05, 3.63) is 74.5 Å². The fraction of sp³-hybridized carbons (Fsp3) is 0.200. The van der Waals surface area contributed by atoms with Gasteiger partial charge in [-0.2, -0.15) is 0 Å². The number of nitrogens with zero attached hydrogens (tertiary/aromatic N) is 1. The van der Waals surface area contributed by atoms with Gasteiger partial charge >= 0.3 is 0 Å². The van der Waals surface area contributed by atoms with Crippen molar-refractivity contribution < 1.29 is 4.79 Å². The Morgan fingerprint density at radius 1 is 1.04 bits per heavy atom. The van der Waals surface area contributed by atoms with Crippen molar-refractivity contribution in [3.63, 3.8) is 0 Å². The number of rotatable bonds is 3. The molecule has 0 saturated carbocycles. The van der Waals surface area contributed by atoms with Gasteiger partial charge in [-0.3, -0.25) is 14.2 Å². The molecule has 128 valence electrons. The van der Waals surface area contributed by atoms with Crippen LogP contribution in [0.5, 0.6) is 0 Å². The van der Waals surface area contributed by atoms with Gasteiger partial charge in [0.1, 0.15) is 6.54 Å². The van der Waals surface area contributed by atoms with Crippen molar-refractivity contribution in [3.8, 4) is 0 Å². The number of benzene rings is 2. The molecule has 3 aromatic rings. The molecule has 0 aliphatic rings. The minimum atomic E-state index is -0.255. The van der Waals surface area contributed by atoms with Crippen molar-refractivity contribution in [1.29, 1.82) is 0 Å². The summed E-state index contributed by atoms with van der Waals surface area (Å²) in [6.45, 7) is 5.86. The third kappa shape index (κ3) is 3.59. The lowest BCUT2D eigenvalue weighted by Crippen LogP contribution is -2.28. The van der Waals surface area contributed by atoms with Crippen molar-refractivity contribution in [2.75, 3.05) is 5.32 Å². The number of aromatic nitrogens is 1. The monoisotopic (exact) mass is 354 g/mol. The summed E-state index contributed by atoms with van der Waals surface area (Å²) in [6, 6.07) is 12.5. The van der Waals surface area contributed by atoms with Gasteiger partial charge < -0.3 is 5.32 Å². The first-order chi connectivity index (χ1) is 11.8. The molecule has 0 unspecified atom stereocenters. The zero-order valence-electron chi connectivity index (χ0n) is 14.4. The van der Waals surface area contributed by atoms with E-state index in [-0.39, 0.29) is 18.0 Å². The molecule has 0 atom stereocenters. The Kier molecular flexibility index (Phi) is 4.64. The van der Waals surface area contributed by atoms with E-state index in [1.165, 1.54) is 4.57 Å². The molecule has 1 amide bonds. The number of hydrogen-bond donors (Lipinski definition) is 1. The zero-order chi connectivity index (χ0) is 18.1. The van der Waals surface area contributed by atoms with Crippen molar-refractivity contribution in [2.45, 2.75) is 27.3 Å². The molecule has 0 radical (unpaired) electrons. The van der Waals surface area contributed by atoms with E-state index in [4.69, 9.17) is 11.6 Å². The Bertz CT molecular complexity index is 1020. The van der Waals surface area contributed by atoms with Gasteiger partial charge in [0.15, 0.2) is 0 Å². The minimum absolute atomic E-state index is 0.0395. The normalized spacial score (nSPS) is 10.9. The Labute approximate surface area is 151 Å². The van der Waals surface area contributed by atoms with Crippen LogP contribution in [0.4, 0.5) is 5.69 Å². The Hall–Kier alpha value is -2.59. The molecular weight excluding hydrogens is 336 g/mol. The fourth-order valence-electron chi connectivity index (χ4n) is 3.10. The summed E-state index contributed by atoms with van der Waals surface area (Å²) in [7, 11) is 0. The molecule has 0 fully saturated rings. The van der Waals surface area contributed by atoms with Crippen LogP contribution in [0.25, 0.3) is 10.9 Å². The molecule has 1 aromatic heterocycles. The Balaban J connectivity index is 1.99. The second-order valence-electron chi connectivity index (χ2n) is 6.28. The quantitative estimate of drug-likeness (QED) is 0.765. The smallest absolute Gasteiger partial charge is 0.251 e. The molecule has 1 N–H and O–H groups in total. The van der Waals surface area contributed by atoms with Gasteiger partial charge in [-0.1, -0.05) is 23.2 Å². The maximum absolute atomic E-state index is 12.5. The van der Waals surface area contributed by atoms with Crippen LogP contribution in [0.1, 0.15) is 16.7 Å². The summed E-state index contributed by atoms with van der Waals surface area (Å²) >= 11 is 5.85. The van der Waals surface area contributed by atoms with E-state index in [2.05, 4.69) is 5.32 Å². The highest BCUT2D eigenvalue weighted by Crippen LogP contribution is 2.22. The number of carbonyl (C=O) groups excluding carboxylic acids is 1. The van der Waals surface area contributed by atoms with E-state index in [9.17, 15) is 9.59 Å². The van der Waals surface area contributed by atoms with Gasteiger partial charge in [-0.15, -0.1) is 0 Å². The molecule has 5 heteroatoms. The van der Waals surface area contributed by atoms with Crippen LogP contribution in [-0.4, -0.2) is 10.5 Å². The van der Waals surface area contributed by atoms with Crippen LogP contribution in [-0.2, 0) is 11.3 Å². The number of aryl methyl sites for hydroxylation is 3. The lowest BCUT2D eigenvalue weighted by Gasteiger charge is -2.15. The molecule has 3 rings (SSSR count). The van der Waals surface area contributed by atoms with Crippen LogP contribution < -0.4 is 10.9 Å². The summed E-state index contributed by atoms with van der Waals surface area (Å²) in [5.41, 5.74) is 4.30. The summed E-state index contributed by atoms with van der Waals surface area (Å²) in [6.07, 6.45) is 0. The van der Waals surface area contributed by atoms with Gasteiger partial charge in [0.05, 0.1) is 5.52 Å². The molecule has 0 spiro atoms. The molecule has 1 heterocycles. The third-order valence-corrected chi connectivity index (χ3v) is 4.43. The summed E-state index contributed by atoms with van der Waals surface area (Å²) < 4.78 is 1.53. The Morgan fingerprint density at radius 2 is 1.72 bits per heavy atom. The maximum atomic E-state index is 12.5. The highest BCUT2D eigenvalue weighted by atomic mass is 35.5. The van der Waals surface area contributed by atoms with Gasteiger partial charge in [-0.25, -0.2) is 0 Å². The SMILES string of the molecule is Cc1cc(C)c2c(c1)c(C)cc(=O)n2CC(=O)Nc1ccc(Cl)cc1. The maximum Gasteiger partial charge on any atom is 0.251 e. The lowest BCUT2D eigenvalue weighted by molar-refractivity contribution is -0.116. The van der Waals surface area contributed by atoms with Crippen LogP contribution in [0.3, 0.4) is 0 Å². The number of hydrogen-bond acceptors (Lipinski definition) is 2. The summed E-state index contributed by atoms with van der Waals surface area (Å²) in [5.74, 6) is -0.255. The number of nitrogens with one attached hydrogen (secondary N) is 1. The first-order valence-electron chi connectivity index (χ1n) is 8.02. The van der Waals surface area contributed by atoms with Crippen molar-refractivity contribution >= 4 is 34.1 Å². The highest BCUT2D eigenvalue weighted by molar-refractivity contribution is 6.30. The average molecular weight is 355 g/mol. The minimum Gasteiger partial charge on any atom is -0.325 e. The standard InChI is InChI=1S/C20H19ClN2O2/c1-12-8-14(3)20-17(9-12)13(2)10-19(25)23(20)11-18(24)22-16-6-4-15(21)5-7-16/h4-10H,11H2,1-3H3,(H,22,24). The van der Waals surface area contributed by atoms with E-state index in [1.54, 1.807) is 30.3 Å². The van der Waals surface area contributed by atoms with Gasteiger partial charge in [-0.05, 0) is 62.2 Å². The predicted molar refractivity (Wildman–Crippen MR) is 103 cm³/mol. The molecule has 0 aliphatic heterocycles. The van der Waals surface area contributed by atoms with Crippen LogP contribution in [0.15, 0.2) is 47.3 Å². The molecule has 25 heavy (non-hydrogen) atoms. The number of pyridine rings is 1. The second kappa shape index (κ2) is 6.73. The number of fused-ring (bicyclic) bond motifs is 1. The third-order valence-electron chi connectivity index (χ3n) is 4.18. The summed E-state index contributed by atoms with van der Waals surface area (Å²) in [4.78, 5) is 24.9. The van der Waals surface area contributed by atoms with Gasteiger partial charge in [0, 0.05) is 22.2 Å². The predicted octanol–water partition coefficient (Wildman–Crippen LogP) is 4.22. The summed E-state index contributed by atoms with van der Waals surface area (Å²) in [5, 5.41) is 4.40. The van der Waals surface area contributed by atoms with Crippen LogP contribution in [0, 0.1) is 20.8 Å². The largest absolute Gasteiger partial charge is 0.325 e. The van der Waals surface area contributed by atoms with E-state index >= 15 is 0 Å². The van der Waals surface area contributed by atoms with Crippen LogP contribution in [0.2, 0.25) is 5.02 Å². The van der Waals surface area contributed by atoms with E-state index in [0.717, 1.165) is 27.6 Å². The van der Waals surface area contributed by atoms with E-state index in [0.29, 0.717) is 10.7 Å². The first-order valence-corrected chi connectivity index (χ1v) is 8.40. The zero-order valence-corrected chi connectivity index (χ0v) is 15.1. The highest BCUT2D eigenvalue weighted by Gasteiger charge is 2.13. The molecular formula is C20H19ClN2O2. The number of amides is 1. The molecule has 4 nitrogen and oxygen atoms in total. The topological polar surface area (TPSA) is 51.1 Å². The van der Waals surface area contributed by atoms with Gasteiger partial charge in [0.25, 0.3) is 5.56 Å². The lowest BCUT2D eigenvalue weighted by atomic mass is 10.0. The molecule has 2 aromatic carbocycles. The second-order valence-corrected chi connectivity index (χ2v) is 6.72. The molecule has 0 bridgehead atoms. The average Bonchev–Trinajstić information content (AvgIpc) is 2.53. The van der Waals surface area contributed by atoms with Crippen molar-refractivity contribution in [2.24, 2.45) is 0 Å².